The molecule has 0 spiro atoms. The lowest BCUT2D eigenvalue weighted by atomic mass is 10.1. The van der Waals surface area contributed by atoms with Gasteiger partial charge in [0.15, 0.2) is 6.29 Å². The van der Waals surface area contributed by atoms with Crippen LogP contribution in [0.4, 0.5) is 0 Å². The van der Waals surface area contributed by atoms with E-state index in [2.05, 4.69) is 34.7 Å². The Kier molecular flexibility index (Phi) is 17.8. The quantitative estimate of drug-likeness (QED) is 0.113. The van der Waals surface area contributed by atoms with E-state index < -0.39 is 0 Å². The Morgan fingerprint density at radius 2 is 1.35 bits per heavy atom. The molecule has 0 saturated carbocycles. The molecule has 0 fully saturated rings. The van der Waals surface area contributed by atoms with E-state index in [1.165, 1.54) is 55.8 Å². The Morgan fingerprint density at radius 1 is 0.800 bits per heavy atom. The molecule has 0 radical (unpaired) electrons. The van der Waals surface area contributed by atoms with E-state index in [-0.39, 0.29) is 6.29 Å². The van der Waals surface area contributed by atoms with Crippen LogP contribution in [0.2, 0.25) is 0 Å². The van der Waals surface area contributed by atoms with E-state index in [1.54, 1.807) is 0 Å². The summed E-state index contributed by atoms with van der Waals surface area (Å²) in [7, 11) is 0. The molecule has 0 unspecified atom stereocenters. The van der Waals surface area contributed by atoms with E-state index in [1.807, 2.05) is 13.8 Å². The maximum absolute atomic E-state index is 5.54. The molecule has 0 saturated heterocycles. The second-order valence-corrected chi connectivity index (χ2v) is 6.07. The minimum atomic E-state index is 0.0213. The van der Waals surface area contributed by atoms with Gasteiger partial charge < -0.3 is 9.47 Å². The molecule has 0 amide bonds. The zero-order valence-electron chi connectivity index (χ0n) is 13.4. The van der Waals surface area contributed by atoms with E-state index in [0.717, 1.165) is 19.6 Å². The maximum atomic E-state index is 5.54. The molecular weight excluding hydrogens is 363 g/mol. The van der Waals surface area contributed by atoms with Gasteiger partial charge in [0.2, 0.25) is 0 Å². The van der Waals surface area contributed by atoms with Crippen LogP contribution in [0.3, 0.4) is 0 Å². The third kappa shape index (κ3) is 14.8. The standard InChI is InChI=1S/C17H33IO2/c1-3-19-17(20-4-2)15-13-11-9-7-5-6-8-10-12-14-16-18/h10,12,17H,3-9,11,13-16H2,1-2H3/b12-10+. The molecule has 20 heavy (non-hydrogen) atoms. The number of ether oxygens (including phenoxy) is 2. The van der Waals surface area contributed by atoms with Gasteiger partial charge in [-0.3, -0.25) is 0 Å². The normalized spacial score (nSPS) is 11.8. The van der Waals surface area contributed by atoms with Crippen LogP contribution in [-0.4, -0.2) is 23.9 Å². The van der Waals surface area contributed by atoms with E-state index >= 15 is 0 Å². The molecule has 0 aromatic carbocycles. The van der Waals surface area contributed by atoms with Crippen molar-refractivity contribution in [3.8, 4) is 0 Å². The first-order valence-electron chi connectivity index (χ1n) is 8.29. The van der Waals surface area contributed by atoms with Gasteiger partial charge in [0, 0.05) is 17.6 Å². The molecule has 0 rings (SSSR count). The molecule has 0 atom stereocenters. The van der Waals surface area contributed by atoms with Crippen LogP contribution >= 0.6 is 22.6 Å². The number of hydrogen-bond acceptors (Lipinski definition) is 2. The number of halogens is 1. The second-order valence-electron chi connectivity index (χ2n) is 4.99. The highest BCUT2D eigenvalue weighted by molar-refractivity contribution is 14.1. The molecule has 2 nitrogen and oxygen atoms in total. The van der Waals surface area contributed by atoms with Gasteiger partial charge in [-0.15, -0.1) is 0 Å². The van der Waals surface area contributed by atoms with Gasteiger partial charge in [0.1, 0.15) is 0 Å². The lowest BCUT2D eigenvalue weighted by Gasteiger charge is -2.16. The molecule has 0 aliphatic rings. The van der Waals surface area contributed by atoms with Crippen molar-refractivity contribution >= 4 is 22.6 Å². The van der Waals surface area contributed by atoms with E-state index in [9.17, 15) is 0 Å². The SMILES string of the molecule is CCOC(CCCCCCCC/C=C/CCI)OCC. The van der Waals surface area contributed by atoms with Crippen molar-refractivity contribution in [2.75, 3.05) is 17.6 Å². The van der Waals surface area contributed by atoms with E-state index in [0.29, 0.717) is 0 Å². The Morgan fingerprint density at radius 3 is 1.95 bits per heavy atom. The predicted molar refractivity (Wildman–Crippen MR) is 96.6 cm³/mol. The fourth-order valence-corrected chi connectivity index (χ4v) is 2.53. The second kappa shape index (κ2) is 17.4. The van der Waals surface area contributed by atoms with Crippen molar-refractivity contribution in [3.63, 3.8) is 0 Å². The van der Waals surface area contributed by atoms with Crippen LogP contribution in [0.1, 0.15) is 71.6 Å². The summed E-state index contributed by atoms with van der Waals surface area (Å²) in [5, 5.41) is 0. The van der Waals surface area contributed by atoms with Crippen LogP contribution in [0.15, 0.2) is 12.2 Å². The van der Waals surface area contributed by atoms with Crippen molar-refractivity contribution in [1.82, 2.24) is 0 Å². The first-order chi connectivity index (χ1) is 9.85. The minimum absolute atomic E-state index is 0.0213. The van der Waals surface area contributed by atoms with Gasteiger partial charge in [0.25, 0.3) is 0 Å². The lowest BCUT2D eigenvalue weighted by Crippen LogP contribution is -2.17. The zero-order valence-corrected chi connectivity index (χ0v) is 15.6. The molecule has 0 bridgehead atoms. The fourth-order valence-electron chi connectivity index (χ4n) is 2.17. The Bertz CT molecular complexity index is 201. The molecular formula is C17H33IO2. The molecule has 0 aliphatic heterocycles. The molecule has 120 valence electrons. The molecule has 0 aromatic rings. The van der Waals surface area contributed by atoms with Crippen LogP contribution in [0.25, 0.3) is 0 Å². The monoisotopic (exact) mass is 396 g/mol. The molecule has 0 aromatic heterocycles. The molecule has 0 heterocycles. The Balaban J connectivity index is 3.26. The molecule has 0 aliphatic carbocycles. The summed E-state index contributed by atoms with van der Waals surface area (Å²) < 4.78 is 12.3. The van der Waals surface area contributed by atoms with Crippen molar-refractivity contribution in [2.24, 2.45) is 0 Å². The van der Waals surface area contributed by atoms with Crippen molar-refractivity contribution in [1.29, 1.82) is 0 Å². The summed E-state index contributed by atoms with van der Waals surface area (Å²) in [6.45, 7) is 5.55. The number of unbranched alkanes of at least 4 members (excludes halogenated alkanes) is 6. The first kappa shape index (κ1) is 20.4. The lowest BCUT2D eigenvalue weighted by molar-refractivity contribution is -0.140. The van der Waals surface area contributed by atoms with Crippen LogP contribution in [-0.2, 0) is 9.47 Å². The minimum Gasteiger partial charge on any atom is -0.353 e. The predicted octanol–water partition coefficient (Wildman–Crippen LogP) is 5.89. The highest BCUT2D eigenvalue weighted by atomic mass is 127. The largest absolute Gasteiger partial charge is 0.353 e. The van der Waals surface area contributed by atoms with Gasteiger partial charge in [-0.05, 0) is 46.0 Å². The average molecular weight is 396 g/mol. The maximum Gasteiger partial charge on any atom is 0.157 e. The average Bonchev–Trinajstić information content (AvgIpc) is 2.45. The highest BCUT2D eigenvalue weighted by Gasteiger charge is 2.06. The van der Waals surface area contributed by atoms with Gasteiger partial charge in [-0.1, -0.05) is 60.4 Å². The van der Waals surface area contributed by atoms with Gasteiger partial charge in [0.05, 0.1) is 0 Å². The smallest absolute Gasteiger partial charge is 0.157 e. The highest BCUT2D eigenvalue weighted by Crippen LogP contribution is 2.12. The zero-order chi connectivity index (χ0) is 14.9. The topological polar surface area (TPSA) is 18.5 Å². The Hall–Kier alpha value is 0.390. The van der Waals surface area contributed by atoms with Crippen molar-refractivity contribution < 1.29 is 9.47 Å². The Labute approximate surface area is 139 Å². The number of rotatable bonds is 15. The first-order valence-corrected chi connectivity index (χ1v) is 9.81. The van der Waals surface area contributed by atoms with Crippen LogP contribution < -0.4 is 0 Å². The summed E-state index contributed by atoms with van der Waals surface area (Å²) in [6.07, 6.45) is 16.2. The summed E-state index contributed by atoms with van der Waals surface area (Å²) in [6, 6.07) is 0. The molecule has 3 heteroatoms. The number of allylic oxidation sites excluding steroid dienone is 2. The summed E-state index contributed by atoms with van der Waals surface area (Å²) in [4.78, 5) is 0. The summed E-state index contributed by atoms with van der Waals surface area (Å²) >= 11 is 2.42. The van der Waals surface area contributed by atoms with Gasteiger partial charge >= 0.3 is 0 Å². The summed E-state index contributed by atoms with van der Waals surface area (Å²) in [5.74, 6) is 0. The van der Waals surface area contributed by atoms with Crippen LogP contribution in [0.5, 0.6) is 0 Å². The fraction of sp³-hybridized carbons (Fsp3) is 0.882. The van der Waals surface area contributed by atoms with E-state index in [4.69, 9.17) is 9.47 Å². The number of alkyl halides is 1. The number of hydrogen-bond donors (Lipinski definition) is 0. The third-order valence-electron chi connectivity index (χ3n) is 3.21. The van der Waals surface area contributed by atoms with Crippen LogP contribution in [0, 0.1) is 0 Å². The van der Waals surface area contributed by atoms with Gasteiger partial charge in [-0.2, -0.15) is 0 Å². The third-order valence-corrected chi connectivity index (χ3v) is 3.83. The molecule has 0 N–H and O–H groups in total. The van der Waals surface area contributed by atoms with Crippen molar-refractivity contribution in [2.45, 2.75) is 77.9 Å². The van der Waals surface area contributed by atoms with Crippen molar-refractivity contribution in [3.05, 3.63) is 12.2 Å². The van der Waals surface area contributed by atoms with Gasteiger partial charge in [-0.25, -0.2) is 0 Å². The summed E-state index contributed by atoms with van der Waals surface area (Å²) in [5.41, 5.74) is 0.